The van der Waals surface area contributed by atoms with Crippen molar-refractivity contribution in [3.05, 3.63) is 34.2 Å². The maximum atomic E-state index is 5.51. The topological polar surface area (TPSA) is 47.8 Å². The first-order valence-corrected chi connectivity index (χ1v) is 7.29. The van der Waals surface area contributed by atoms with E-state index in [0.717, 1.165) is 40.3 Å². The van der Waals surface area contributed by atoms with Crippen LogP contribution in [-0.4, -0.2) is 26.4 Å². The standard InChI is InChI=1S/C15H18N4OS/c1-5-11-13-14(18(3)17-11)19(15(21)16-13)12-7-6-10(20-4)8-9(12)2/h6-8H,5H2,1-4H3,(H,16,21). The smallest absolute Gasteiger partial charge is 0.184 e. The zero-order chi connectivity index (χ0) is 15.1. The number of benzene rings is 1. The molecular formula is C15H18N4OS. The highest BCUT2D eigenvalue weighted by atomic mass is 32.1. The summed E-state index contributed by atoms with van der Waals surface area (Å²) < 4.78 is 9.86. The van der Waals surface area contributed by atoms with Crippen molar-refractivity contribution >= 4 is 23.4 Å². The molecule has 0 saturated heterocycles. The first-order chi connectivity index (χ1) is 10.1. The predicted octanol–water partition coefficient (Wildman–Crippen LogP) is 3.30. The average Bonchev–Trinajstić information content (AvgIpc) is 2.96. The summed E-state index contributed by atoms with van der Waals surface area (Å²) >= 11 is 5.51. The van der Waals surface area contributed by atoms with Crippen molar-refractivity contribution in [2.45, 2.75) is 20.3 Å². The van der Waals surface area contributed by atoms with E-state index in [1.807, 2.05) is 34.5 Å². The number of nitrogens with zero attached hydrogens (tertiary/aromatic N) is 3. The molecule has 0 aliphatic heterocycles. The van der Waals surface area contributed by atoms with Crippen LogP contribution in [0.2, 0.25) is 0 Å². The van der Waals surface area contributed by atoms with Gasteiger partial charge in [-0.15, -0.1) is 0 Å². The van der Waals surface area contributed by atoms with Crippen molar-refractivity contribution in [1.29, 1.82) is 0 Å². The number of ether oxygens (including phenoxy) is 1. The molecule has 0 amide bonds. The molecule has 0 aliphatic carbocycles. The van der Waals surface area contributed by atoms with Gasteiger partial charge in [-0.2, -0.15) is 5.10 Å². The molecular weight excluding hydrogens is 284 g/mol. The van der Waals surface area contributed by atoms with E-state index >= 15 is 0 Å². The van der Waals surface area contributed by atoms with E-state index in [0.29, 0.717) is 4.77 Å². The largest absolute Gasteiger partial charge is 0.497 e. The van der Waals surface area contributed by atoms with Crippen molar-refractivity contribution in [2.24, 2.45) is 7.05 Å². The van der Waals surface area contributed by atoms with Crippen LogP contribution in [0.5, 0.6) is 5.75 Å². The molecule has 110 valence electrons. The molecule has 0 radical (unpaired) electrons. The third-order valence-corrected chi connectivity index (χ3v) is 4.00. The van der Waals surface area contributed by atoms with Gasteiger partial charge in [0.25, 0.3) is 0 Å². The molecule has 6 heteroatoms. The van der Waals surface area contributed by atoms with Crippen LogP contribution in [0.1, 0.15) is 18.2 Å². The second kappa shape index (κ2) is 5.04. The zero-order valence-electron chi connectivity index (χ0n) is 12.6. The van der Waals surface area contributed by atoms with E-state index in [9.17, 15) is 0 Å². The van der Waals surface area contributed by atoms with Crippen LogP contribution in [0, 0.1) is 11.7 Å². The molecule has 0 atom stereocenters. The minimum Gasteiger partial charge on any atom is -0.497 e. The highest BCUT2D eigenvalue weighted by Gasteiger charge is 2.16. The number of methoxy groups -OCH3 is 1. The Hall–Kier alpha value is -2.08. The lowest BCUT2D eigenvalue weighted by atomic mass is 10.2. The monoisotopic (exact) mass is 302 g/mol. The Morgan fingerprint density at radius 1 is 1.38 bits per heavy atom. The number of H-pyrrole nitrogens is 1. The molecule has 5 nitrogen and oxygen atoms in total. The quantitative estimate of drug-likeness (QED) is 0.755. The van der Waals surface area contributed by atoms with Gasteiger partial charge in [0.05, 0.1) is 18.5 Å². The third-order valence-electron chi connectivity index (χ3n) is 3.72. The zero-order valence-corrected chi connectivity index (χ0v) is 13.4. The molecule has 0 bridgehead atoms. The lowest BCUT2D eigenvalue weighted by Gasteiger charge is -2.10. The van der Waals surface area contributed by atoms with Gasteiger partial charge in [-0.05, 0) is 49.3 Å². The van der Waals surface area contributed by atoms with E-state index in [1.165, 1.54) is 0 Å². The lowest BCUT2D eigenvalue weighted by Crippen LogP contribution is -2.02. The fourth-order valence-electron chi connectivity index (χ4n) is 2.69. The fraction of sp³-hybridized carbons (Fsp3) is 0.333. The highest BCUT2D eigenvalue weighted by molar-refractivity contribution is 7.71. The van der Waals surface area contributed by atoms with Crippen LogP contribution >= 0.6 is 12.2 Å². The first kappa shape index (κ1) is 13.9. The van der Waals surface area contributed by atoms with Crippen molar-refractivity contribution < 1.29 is 4.74 Å². The number of fused-ring (bicyclic) bond motifs is 1. The summed E-state index contributed by atoms with van der Waals surface area (Å²) in [6, 6.07) is 5.98. The average molecular weight is 302 g/mol. The van der Waals surface area contributed by atoms with E-state index in [2.05, 4.69) is 23.9 Å². The maximum absolute atomic E-state index is 5.51. The molecule has 0 saturated carbocycles. The Morgan fingerprint density at radius 3 is 2.76 bits per heavy atom. The number of aromatic nitrogens is 4. The first-order valence-electron chi connectivity index (χ1n) is 6.88. The molecule has 0 spiro atoms. The van der Waals surface area contributed by atoms with Crippen molar-refractivity contribution in [3.8, 4) is 11.4 Å². The minimum absolute atomic E-state index is 0.681. The summed E-state index contributed by atoms with van der Waals surface area (Å²) in [4.78, 5) is 3.28. The molecule has 2 aromatic heterocycles. The van der Waals surface area contributed by atoms with Crippen LogP contribution in [0.15, 0.2) is 18.2 Å². The lowest BCUT2D eigenvalue weighted by molar-refractivity contribution is 0.414. The molecule has 0 aliphatic rings. The normalized spacial score (nSPS) is 11.2. The van der Waals surface area contributed by atoms with E-state index in [4.69, 9.17) is 17.0 Å². The van der Waals surface area contributed by atoms with Gasteiger partial charge < -0.3 is 9.72 Å². The number of nitrogens with one attached hydrogen (secondary N) is 1. The van der Waals surface area contributed by atoms with E-state index in [1.54, 1.807) is 7.11 Å². The molecule has 3 aromatic rings. The molecule has 2 heterocycles. The summed E-state index contributed by atoms with van der Waals surface area (Å²) in [5, 5.41) is 4.55. The van der Waals surface area contributed by atoms with Gasteiger partial charge in [0.2, 0.25) is 0 Å². The number of hydrogen-bond donors (Lipinski definition) is 1. The molecule has 1 N–H and O–H groups in total. The van der Waals surface area contributed by atoms with Crippen LogP contribution in [0.4, 0.5) is 0 Å². The Balaban J connectivity index is 2.32. The Kier molecular flexibility index (Phi) is 3.33. The molecule has 1 aromatic carbocycles. The summed E-state index contributed by atoms with van der Waals surface area (Å²) in [5.74, 6) is 0.841. The maximum Gasteiger partial charge on any atom is 0.184 e. The van der Waals surface area contributed by atoms with Crippen molar-refractivity contribution in [3.63, 3.8) is 0 Å². The number of imidazole rings is 1. The van der Waals surface area contributed by atoms with Crippen LogP contribution in [0.25, 0.3) is 16.9 Å². The Labute approximate surface area is 128 Å². The molecule has 0 unspecified atom stereocenters. The van der Waals surface area contributed by atoms with Gasteiger partial charge in [-0.25, -0.2) is 4.68 Å². The fourth-order valence-corrected chi connectivity index (χ4v) is 2.98. The van der Waals surface area contributed by atoms with Crippen molar-refractivity contribution in [1.82, 2.24) is 19.3 Å². The van der Waals surface area contributed by atoms with Crippen LogP contribution in [-0.2, 0) is 13.5 Å². The molecule has 0 fully saturated rings. The summed E-state index contributed by atoms with van der Waals surface area (Å²) in [6.07, 6.45) is 0.869. The molecule has 3 rings (SSSR count). The van der Waals surface area contributed by atoms with E-state index in [-0.39, 0.29) is 0 Å². The second-order valence-electron chi connectivity index (χ2n) is 5.04. The summed E-state index contributed by atoms with van der Waals surface area (Å²) in [6.45, 7) is 4.14. The number of aryl methyl sites for hydroxylation is 3. The molecule has 21 heavy (non-hydrogen) atoms. The Morgan fingerprint density at radius 2 is 2.14 bits per heavy atom. The Bertz CT molecular complexity index is 872. The van der Waals surface area contributed by atoms with Crippen molar-refractivity contribution in [2.75, 3.05) is 7.11 Å². The van der Waals surface area contributed by atoms with Gasteiger partial charge in [-0.3, -0.25) is 4.57 Å². The predicted molar refractivity (Wildman–Crippen MR) is 85.9 cm³/mol. The number of rotatable bonds is 3. The van der Waals surface area contributed by atoms with Crippen LogP contribution in [0.3, 0.4) is 0 Å². The summed E-state index contributed by atoms with van der Waals surface area (Å²) in [7, 11) is 3.61. The second-order valence-corrected chi connectivity index (χ2v) is 5.43. The third kappa shape index (κ3) is 2.06. The minimum atomic E-state index is 0.681. The highest BCUT2D eigenvalue weighted by Crippen LogP contribution is 2.26. The van der Waals surface area contributed by atoms with Gasteiger partial charge in [0.15, 0.2) is 10.4 Å². The SMILES string of the molecule is CCc1nn(C)c2c1[nH]c(=S)n2-c1ccc(OC)cc1C. The van der Waals surface area contributed by atoms with Gasteiger partial charge in [0.1, 0.15) is 11.3 Å². The van der Waals surface area contributed by atoms with Gasteiger partial charge >= 0.3 is 0 Å². The van der Waals surface area contributed by atoms with Crippen LogP contribution < -0.4 is 4.74 Å². The number of aromatic amines is 1. The number of hydrogen-bond acceptors (Lipinski definition) is 3. The summed E-state index contributed by atoms with van der Waals surface area (Å²) in [5.41, 5.74) is 5.18. The van der Waals surface area contributed by atoms with Gasteiger partial charge in [-0.1, -0.05) is 6.92 Å². The van der Waals surface area contributed by atoms with E-state index < -0.39 is 0 Å². The van der Waals surface area contributed by atoms with Gasteiger partial charge in [0, 0.05) is 7.05 Å².